The third-order valence-electron chi connectivity index (χ3n) is 5.95. The van der Waals surface area contributed by atoms with Gasteiger partial charge in [-0.2, -0.15) is 10.4 Å². The number of hydrogen-bond acceptors (Lipinski definition) is 4. The number of rotatable bonds is 5. The van der Waals surface area contributed by atoms with Gasteiger partial charge in [-0.1, -0.05) is 25.7 Å². The fourth-order valence-electron chi connectivity index (χ4n) is 4.28. The van der Waals surface area contributed by atoms with Gasteiger partial charge in [0.2, 0.25) is 5.91 Å². The topological polar surface area (TPSA) is 65.2 Å². The summed E-state index contributed by atoms with van der Waals surface area (Å²) in [4.78, 5) is 17.0. The molecule has 6 nitrogen and oxygen atoms in total. The van der Waals surface area contributed by atoms with Crippen molar-refractivity contribution < 1.29 is 4.79 Å². The number of aromatic nitrogens is 2. The minimum Gasteiger partial charge on any atom is -0.326 e. The molecule has 6 heteroatoms. The van der Waals surface area contributed by atoms with Gasteiger partial charge in [0.15, 0.2) is 0 Å². The number of carbonyl (C=O) groups excluding carboxylic acids is 1. The average Bonchev–Trinajstić information content (AvgIpc) is 3.16. The molecule has 2 heterocycles. The zero-order valence-corrected chi connectivity index (χ0v) is 15.2. The standard InChI is InChI=1S/C19H29N5O/c1-22(19(16-20)9-4-2-5-10-19)18(25)15-23-12-6-3-8-17(23)14-24-13-7-11-21-24/h7,11,13,17H,2-6,8-10,12,14-15H2,1H3/t17-/m0/s1. The Balaban J connectivity index is 1.64. The van der Waals surface area contributed by atoms with E-state index in [0.29, 0.717) is 12.6 Å². The first-order valence-corrected chi connectivity index (χ1v) is 9.54. The van der Waals surface area contributed by atoms with Gasteiger partial charge < -0.3 is 4.90 Å². The van der Waals surface area contributed by atoms with Crippen molar-refractivity contribution in [3.63, 3.8) is 0 Å². The molecule has 25 heavy (non-hydrogen) atoms. The molecule has 1 aromatic rings. The van der Waals surface area contributed by atoms with E-state index in [1.807, 2.05) is 24.0 Å². The molecule has 0 aromatic carbocycles. The molecule has 1 amide bonds. The molecular weight excluding hydrogens is 314 g/mol. The van der Waals surface area contributed by atoms with Gasteiger partial charge in [0.05, 0.1) is 19.2 Å². The second kappa shape index (κ2) is 8.01. The molecule has 1 saturated carbocycles. The van der Waals surface area contributed by atoms with E-state index in [1.54, 1.807) is 11.1 Å². The van der Waals surface area contributed by atoms with E-state index in [-0.39, 0.29) is 5.91 Å². The van der Waals surface area contributed by atoms with Crippen LogP contribution in [0.4, 0.5) is 0 Å². The molecule has 0 bridgehead atoms. The van der Waals surface area contributed by atoms with Crippen LogP contribution in [0, 0.1) is 11.3 Å². The third kappa shape index (κ3) is 4.04. The molecule has 1 atom stereocenters. The quantitative estimate of drug-likeness (QED) is 0.823. The van der Waals surface area contributed by atoms with Crippen LogP contribution in [0.5, 0.6) is 0 Å². The van der Waals surface area contributed by atoms with Gasteiger partial charge in [0.25, 0.3) is 0 Å². The predicted molar refractivity (Wildman–Crippen MR) is 95.6 cm³/mol. The van der Waals surface area contributed by atoms with E-state index in [2.05, 4.69) is 16.1 Å². The fourth-order valence-corrected chi connectivity index (χ4v) is 4.28. The lowest BCUT2D eigenvalue weighted by Crippen LogP contribution is -2.54. The van der Waals surface area contributed by atoms with Crippen LogP contribution in [0.3, 0.4) is 0 Å². The Hall–Kier alpha value is -1.87. The molecule has 1 aliphatic carbocycles. The Morgan fingerprint density at radius 2 is 2.12 bits per heavy atom. The van der Waals surface area contributed by atoms with E-state index >= 15 is 0 Å². The second-order valence-corrected chi connectivity index (χ2v) is 7.50. The summed E-state index contributed by atoms with van der Waals surface area (Å²) < 4.78 is 1.95. The Bertz CT molecular complexity index is 600. The zero-order chi connectivity index (χ0) is 17.7. The highest BCUT2D eigenvalue weighted by atomic mass is 16.2. The summed E-state index contributed by atoms with van der Waals surface area (Å²) in [5, 5.41) is 14.0. The summed E-state index contributed by atoms with van der Waals surface area (Å²) in [5.41, 5.74) is -0.595. The lowest BCUT2D eigenvalue weighted by atomic mass is 9.81. The van der Waals surface area contributed by atoms with Crippen molar-refractivity contribution >= 4 is 5.91 Å². The Labute approximate surface area is 150 Å². The first-order chi connectivity index (χ1) is 12.1. The number of hydrogen-bond donors (Lipinski definition) is 0. The average molecular weight is 343 g/mol. The summed E-state index contributed by atoms with van der Waals surface area (Å²) in [6.45, 7) is 2.18. The number of likely N-dealkylation sites (N-methyl/N-ethyl adjacent to an activating group) is 1. The highest BCUT2D eigenvalue weighted by Crippen LogP contribution is 2.32. The van der Waals surface area contributed by atoms with Crippen LogP contribution in [0.25, 0.3) is 0 Å². The fraction of sp³-hybridized carbons (Fsp3) is 0.737. The van der Waals surface area contributed by atoms with Crippen LogP contribution in [0.2, 0.25) is 0 Å². The van der Waals surface area contributed by atoms with Gasteiger partial charge in [0.1, 0.15) is 5.54 Å². The molecule has 0 unspecified atom stereocenters. The van der Waals surface area contributed by atoms with Crippen molar-refractivity contribution in [2.45, 2.75) is 69.5 Å². The van der Waals surface area contributed by atoms with Crippen molar-refractivity contribution in [1.82, 2.24) is 19.6 Å². The van der Waals surface area contributed by atoms with E-state index in [4.69, 9.17) is 0 Å². The smallest absolute Gasteiger partial charge is 0.237 e. The number of nitrogens with zero attached hydrogens (tertiary/aromatic N) is 5. The van der Waals surface area contributed by atoms with E-state index in [0.717, 1.165) is 51.6 Å². The van der Waals surface area contributed by atoms with E-state index in [9.17, 15) is 10.1 Å². The highest BCUT2D eigenvalue weighted by molar-refractivity contribution is 5.79. The molecule has 1 aromatic heterocycles. The highest BCUT2D eigenvalue weighted by Gasteiger charge is 2.39. The molecule has 1 saturated heterocycles. The zero-order valence-electron chi connectivity index (χ0n) is 15.2. The molecule has 2 fully saturated rings. The van der Waals surface area contributed by atoms with Crippen molar-refractivity contribution in [1.29, 1.82) is 5.26 Å². The maximum Gasteiger partial charge on any atom is 0.237 e. The van der Waals surface area contributed by atoms with Gasteiger partial charge in [0, 0.05) is 25.5 Å². The molecule has 136 valence electrons. The van der Waals surface area contributed by atoms with E-state index in [1.165, 1.54) is 12.8 Å². The van der Waals surface area contributed by atoms with Crippen LogP contribution < -0.4 is 0 Å². The molecule has 0 N–H and O–H groups in total. The Kier molecular flexibility index (Phi) is 5.74. The number of nitriles is 1. The van der Waals surface area contributed by atoms with Gasteiger partial charge >= 0.3 is 0 Å². The van der Waals surface area contributed by atoms with Gasteiger partial charge in [-0.3, -0.25) is 14.4 Å². The van der Waals surface area contributed by atoms with Gasteiger partial charge in [-0.05, 0) is 38.3 Å². The number of carbonyl (C=O) groups is 1. The Morgan fingerprint density at radius 1 is 1.32 bits per heavy atom. The van der Waals surface area contributed by atoms with Crippen LogP contribution in [0.15, 0.2) is 18.5 Å². The largest absolute Gasteiger partial charge is 0.326 e. The van der Waals surface area contributed by atoms with Crippen LogP contribution in [-0.2, 0) is 11.3 Å². The predicted octanol–water partition coefficient (Wildman–Crippen LogP) is 2.42. The summed E-state index contributed by atoms with van der Waals surface area (Å²) in [7, 11) is 1.82. The number of likely N-dealkylation sites (tertiary alicyclic amines) is 1. The maximum atomic E-state index is 12.9. The Morgan fingerprint density at radius 3 is 2.80 bits per heavy atom. The minimum absolute atomic E-state index is 0.0795. The van der Waals surface area contributed by atoms with Crippen molar-refractivity contribution in [3.05, 3.63) is 18.5 Å². The normalized spacial score (nSPS) is 23.8. The molecule has 1 aliphatic heterocycles. The maximum absolute atomic E-state index is 12.9. The third-order valence-corrected chi connectivity index (χ3v) is 5.95. The second-order valence-electron chi connectivity index (χ2n) is 7.50. The monoisotopic (exact) mass is 343 g/mol. The summed E-state index contributed by atoms with van der Waals surface area (Å²) in [5.74, 6) is 0.0795. The molecule has 0 radical (unpaired) electrons. The van der Waals surface area contributed by atoms with E-state index < -0.39 is 5.54 Å². The van der Waals surface area contributed by atoms with Crippen LogP contribution in [0.1, 0.15) is 51.4 Å². The summed E-state index contributed by atoms with van der Waals surface area (Å²) in [6, 6.07) is 4.73. The van der Waals surface area contributed by atoms with Gasteiger partial charge in [-0.15, -0.1) is 0 Å². The molecular formula is C19H29N5O. The minimum atomic E-state index is -0.595. The number of amides is 1. The van der Waals surface area contributed by atoms with Crippen molar-refractivity contribution in [2.75, 3.05) is 20.1 Å². The SMILES string of the molecule is CN(C(=O)CN1CCCC[C@H]1Cn1cccn1)C1(C#N)CCCCC1. The number of piperidine rings is 1. The van der Waals surface area contributed by atoms with Crippen LogP contribution in [-0.4, -0.2) is 57.2 Å². The lowest BCUT2D eigenvalue weighted by molar-refractivity contribution is -0.137. The molecule has 3 rings (SSSR count). The van der Waals surface area contributed by atoms with Gasteiger partial charge in [-0.25, -0.2) is 0 Å². The van der Waals surface area contributed by atoms with Crippen LogP contribution >= 0.6 is 0 Å². The molecule has 2 aliphatic rings. The lowest BCUT2D eigenvalue weighted by Gasteiger charge is -2.41. The van der Waals surface area contributed by atoms with Crippen molar-refractivity contribution in [3.8, 4) is 6.07 Å². The summed E-state index contributed by atoms with van der Waals surface area (Å²) in [6.07, 6.45) is 12.1. The summed E-state index contributed by atoms with van der Waals surface area (Å²) >= 11 is 0. The molecule has 0 spiro atoms. The first-order valence-electron chi connectivity index (χ1n) is 9.54. The van der Waals surface area contributed by atoms with Crippen molar-refractivity contribution in [2.24, 2.45) is 0 Å². The first kappa shape index (κ1) is 17.9.